The molecule has 47 heavy (non-hydrogen) atoms. The Hall–Kier alpha value is -3.43. The number of fused-ring (bicyclic) bond motifs is 1. The molecular weight excluding hydrogens is 594 g/mol. The van der Waals surface area contributed by atoms with E-state index in [-0.39, 0.29) is 31.2 Å². The number of unbranched alkanes of at least 4 members (excludes halogenated alkanes) is 1. The van der Waals surface area contributed by atoms with Crippen LogP contribution in [0.1, 0.15) is 88.2 Å². The van der Waals surface area contributed by atoms with Gasteiger partial charge < -0.3 is 24.0 Å². The Kier molecular flexibility index (Phi) is 11.6. The largest absolute Gasteiger partial charge is 0.481 e. The van der Waals surface area contributed by atoms with Crippen molar-refractivity contribution in [2.75, 3.05) is 52.5 Å². The van der Waals surface area contributed by atoms with E-state index in [9.17, 15) is 19.5 Å². The van der Waals surface area contributed by atoms with Crippen LogP contribution in [0.15, 0.2) is 42.5 Å². The minimum absolute atomic E-state index is 0.00399. The minimum atomic E-state index is -0.840. The highest BCUT2D eigenvalue weighted by Crippen LogP contribution is 2.43. The van der Waals surface area contributed by atoms with Gasteiger partial charge in [-0.05, 0) is 61.4 Å². The molecule has 5 rings (SSSR count). The first kappa shape index (κ1) is 34.9. The zero-order valence-corrected chi connectivity index (χ0v) is 28.8. The summed E-state index contributed by atoms with van der Waals surface area (Å²) < 4.78 is 12.0. The number of anilines is 1. The first-order chi connectivity index (χ1) is 22.5. The lowest BCUT2D eigenvalue weighted by molar-refractivity contribution is -0.884. The number of amides is 1. The third-order valence-electron chi connectivity index (χ3n) is 10.1. The van der Waals surface area contributed by atoms with Gasteiger partial charge in [-0.3, -0.25) is 19.3 Å². The van der Waals surface area contributed by atoms with E-state index in [2.05, 4.69) is 45.1 Å². The lowest BCUT2D eigenvalue weighted by atomic mass is 9.83. The van der Waals surface area contributed by atoms with Gasteiger partial charge in [-0.15, -0.1) is 0 Å². The number of carboxylic acids is 1. The van der Waals surface area contributed by atoms with Crippen LogP contribution in [0.5, 0.6) is 11.5 Å². The number of nitrogens with zero attached hydrogens (tertiary/aromatic N) is 3. The topological polar surface area (TPSA) is 96.4 Å². The number of likely N-dealkylation sites (tertiary alicyclic amines) is 1. The molecule has 4 atom stereocenters. The number of hydrogen-bond acceptors (Lipinski definition) is 6. The molecule has 1 saturated carbocycles. The lowest BCUT2D eigenvalue weighted by Crippen LogP contribution is -2.44. The number of benzene rings is 2. The number of quaternary nitrogens is 1. The summed E-state index contributed by atoms with van der Waals surface area (Å²) in [6, 6.07) is 13.7. The van der Waals surface area contributed by atoms with Crippen LogP contribution in [-0.2, 0) is 20.9 Å². The summed E-state index contributed by atoms with van der Waals surface area (Å²) in [5.41, 5.74) is 2.96. The van der Waals surface area contributed by atoms with Crippen molar-refractivity contribution in [1.29, 1.82) is 0 Å². The van der Waals surface area contributed by atoms with Gasteiger partial charge in [0.1, 0.15) is 12.3 Å². The quantitative estimate of drug-likeness (QED) is 0.191. The van der Waals surface area contributed by atoms with Crippen LogP contribution in [0.4, 0.5) is 5.69 Å². The summed E-state index contributed by atoms with van der Waals surface area (Å²) in [6.45, 7) is 4.37. The zero-order chi connectivity index (χ0) is 33.6. The number of carbonyl (C=O) groups is 3. The van der Waals surface area contributed by atoms with E-state index >= 15 is 0 Å². The van der Waals surface area contributed by atoms with Gasteiger partial charge in [0, 0.05) is 49.1 Å². The molecule has 0 spiro atoms. The predicted octanol–water partition coefficient (Wildman–Crippen LogP) is 6.24. The van der Waals surface area contributed by atoms with E-state index in [1.807, 2.05) is 35.2 Å². The van der Waals surface area contributed by atoms with Crippen molar-refractivity contribution in [2.24, 2.45) is 11.8 Å². The number of carbonyl (C=O) groups excluding carboxylic acids is 2. The first-order valence-corrected chi connectivity index (χ1v) is 17.6. The van der Waals surface area contributed by atoms with Gasteiger partial charge in [0.15, 0.2) is 11.5 Å². The second-order valence-corrected chi connectivity index (χ2v) is 14.9. The van der Waals surface area contributed by atoms with Crippen molar-refractivity contribution in [2.45, 2.75) is 89.6 Å². The highest BCUT2D eigenvalue weighted by atomic mass is 16.7. The molecule has 2 aliphatic heterocycles. The highest BCUT2D eigenvalue weighted by molar-refractivity contribution is 5.95. The number of carboxylic acid groups (broad SMARTS) is 1. The smallest absolute Gasteiger partial charge is 0.308 e. The molecule has 1 amide bonds. The Morgan fingerprint density at radius 3 is 2.60 bits per heavy atom. The zero-order valence-electron chi connectivity index (χ0n) is 28.8. The lowest BCUT2D eigenvalue weighted by Gasteiger charge is -2.30. The molecule has 0 aromatic heterocycles. The van der Waals surface area contributed by atoms with Crippen molar-refractivity contribution < 1.29 is 33.4 Å². The van der Waals surface area contributed by atoms with Crippen LogP contribution < -0.4 is 14.4 Å². The fourth-order valence-electron chi connectivity index (χ4n) is 7.82. The monoisotopic (exact) mass is 648 g/mol. The van der Waals surface area contributed by atoms with E-state index in [1.165, 1.54) is 5.56 Å². The molecule has 2 heterocycles. The maximum atomic E-state index is 14.3. The Bertz CT molecular complexity index is 1400. The second-order valence-electron chi connectivity index (χ2n) is 14.9. The normalized spacial score (nSPS) is 23.1. The van der Waals surface area contributed by atoms with Crippen LogP contribution in [0.2, 0.25) is 0 Å². The molecule has 2 aromatic carbocycles. The molecule has 0 bridgehead atoms. The Balaban J connectivity index is 1.39. The van der Waals surface area contributed by atoms with Crippen LogP contribution in [0.3, 0.4) is 0 Å². The van der Waals surface area contributed by atoms with Gasteiger partial charge in [0.05, 0.1) is 33.6 Å². The van der Waals surface area contributed by atoms with Crippen molar-refractivity contribution in [3.63, 3.8) is 0 Å². The summed E-state index contributed by atoms with van der Waals surface area (Å²) in [4.78, 5) is 43.6. The van der Waals surface area contributed by atoms with Gasteiger partial charge in [0.25, 0.3) is 0 Å². The average molecular weight is 649 g/mol. The van der Waals surface area contributed by atoms with Gasteiger partial charge in [-0.1, -0.05) is 50.8 Å². The third kappa shape index (κ3) is 9.14. The van der Waals surface area contributed by atoms with Crippen molar-refractivity contribution in [3.05, 3.63) is 53.6 Å². The van der Waals surface area contributed by atoms with E-state index < -0.39 is 11.9 Å². The average Bonchev–Trinajstić information content (AvgIpc) is 3.56. The summed E-state index contributed by atoms with van der Waals surface area (Å²) in [5.74, 6) is 0.202. The molecule has 0 radical (unpaired) electrons. The standard InChI is InChI=1S/C38H53N3O6/c1-5-6-19-40(30-14-9-13-28(20-30)25-41(2,3)4)36(43)24-39-23-32(29-17-18-34-35(22-29)47-26-46-34)37(38(44)45)33(39)16-10-12-27-11-7-8-15-31(42)21-27/h9,13-14,17-18,20,22,27,32-33,37H,5-8,10-12,15-16,19,21,23-26H2,1-4H3/p+1/t27?,32-,33+,37-/m1/s1. The molecule has 3 aliphatic rings. The van der Waals surface area contributed by atoms with Gasteiger partial charge in [-0.2, -0.15) is 0 Å². The molecule has 1 unspecified atom stereocenters. The molecule has 256 valence electrons. The van der Waals surface area contributed by atoms with E-state index in [0.29, 0.717) is 55.6 Å². The van der Waals surface area contributed by atoms with Crippen LogP contribution in [0.25, 0.3) is 0 Å². The van der Waals surface area contributed by atoms with Gasteiger partial charge in [0.2, 0.25) is 12.7 Å². The molecule has 1 aliphatic carbocycles. The number of ether oxygens (including phenoxy) is 2. The number of hydrogen-bond donors (Lipinski definition) is 1. The highest BCUT2D eigenvalue weighted by Gasteiger charge is 2.47. The van der Waals surface area contributed by atoms with Crippen LogP contribution in [0, 0.1) is 11.8 Å². The summed E-state index contributed by atoms with van der Waals surface area (Å²) in [5, 5.41) is 10.7. The SMILES string of the molecule is CCCCN(C(=O)CN1C[C@H](c2ccc3c(c2)OCO3)[C@@H](C(=O)O)[C@@H]1CCCC1CCCCC(=O)C1)c1cccc(C[N+](C)(C)C)c1. The minimum Gasteiger partial charge on any atom is -0.481 e. The fourth-order valence-corrected chi connectivity index (χ4v) is 7.82. The first-order valence-electron chi connectivity index (χ1n) is 17.6. The Labute approximate surface area is 280 Å². The number of aliphatic carboxylic acids is 1. The Morgan fingerprint density at radius 1 is 1.02 bits per heavy atom. The number of Topliss-reactive ketones (excluding diaryl/α,β-unsaturated/α-hetero) is 1. The van der Waals surface area contributed by atoms with E-state index in [0.717, 1.165) is 67.2 Å². The van der Waals surface area contributed by atoms with E-state index in [4.69, 9.17) is 9.47 Å². The maximum Gasteiger partial charge on any atom is 0.308 e. The maximum absolute atomic E-state index is 14.3. The van der Waals surface area contributed by atoms with Crippen LogP contribution in [-0.4, -0.2) is 85.8 Å². The van der Waals surface area contributed by atoms with Gasteiger partial charge >= 0.3 is 5.97 Å². The molecular formula is C38H54N3O6+. The molecule has 1 N–H and O–H groups in total. The van der Waals surface area contributed by atoms with E-state index in [1.54, 1.807) is 0 Å². The molecule has 9 nitrogen and oxygen atoms in total. The molecule has 1 saturated heterocycles. The fraction of sp³-hybridized carbons (Fsp3) is 0.605. The van der Waals surface area contributed by atoms with Gasteiger partial charge in [-0.25, -0.2) is 0 Å². The number of rotatable bonds is 14. The summed E-state index contributed by atoms with van der Waals surface area (Å²) in [6.07, 6.45) is 8.67. The van der Waals surface area contributed by atoms with Crippen molar-refractivity contribution in [1.82, 2.24) is 4.90 Å². The van der Waals surface area contributed by atoms with Crippen LogP contribution >= 0.6 is 0 Å². The second kappa shape index (κ2) is 15.6. The Morgan fingerprint density at radius 2 is 1.83 bits per heavy atom. The summed E-state index contributed by atoms with van der Waals surface area (Å²) >= 11 is 0. The summed E-state index contributed by atoms with van der Waals surface area (Å²) in [7, 11) is 6.47. The molecule has 2 fully saturated rings. The van der Waals surface area contributed by atoms with Crippen molar-refractivity contribution in [3.8, 4) is 11.5 Å². The van der Waals surface area contributed by atoms with Crippen molar-refractivity contribution >= 4 is 23.3 Å². The molecule has 9 heteroatoms. The predicted molar refractivity (Wildman–Crippen MR) is 183 cm³/mol. The third-order valence-corrected chi connectivity index (χ3v) is 10.1. The number of ketones is 1. The molecule has 2 aromatic rings.